The van der Waals surface area contributed by atoms with E-state index in [9.17, 15) is 20.0 Å². The highest BCUT2D eigenvalue weighted by molar-refractivity contribution is 9.10. The number of furan rings is 1. The van der Waals surface area contributed by atoms with Crippen LogP contribution in [-0.2, 0) is 0 Å². The van der Waals surface area contributed by atoms with Gasteiger partial charge in [0.15, 0.2) is 0 Å². The number of phenols is 1. The minimum atomic E-state index is -0.602. The van der Waals surface area contributed by atoms with Crippen LogP contribution in [0.2, 0.25) is 5.02 Å². The highest BCUT2D eigenvalue weighted by Gasteiger charge is 2.15. The molecule has 0 saturated heterocycles. The molecule has 1 aromatic heterocycles. The molecular weight excluding hydrogens is 454 g/mol. The minimum Gasteiger partial charge on any atom is -0.507 e. The van der Waals surface area contributed by atoms with Gasteiger partial charge in [0, 0.05) is 16.1 Å². The Labute approximate surface area is 171 Å². The van der Waals surface area contributed by atoms with E-state index in [0.717, 1.165) is 0 Å². The predicted octanol–water partition coefficient (Wildman–Crippen LogP) is 4.74. The molecule has 3 aromatic rings. The van der Waals surface area contributed by atoms with Crippen LogP contribution in [0.1, 0.15) is 16.1 Å². The van der Waals surface area contributed by atoms with E-state index >= 15 is 0 Å². The molecule has 142 valence electrons. The van der Waals surface area contributed by atoms with E-state index in [1.54, 1.807) is 24.3 Å². The molecule has 0 fully saturated rings. The third-order valence-corrected chi connectivity index (χ3v) is 4.43. The second-order valence-electron chi connectivity index (χ2n) is 5.49. The van der Waals surface area contributed by atoms with Crippen molar-refractivity contribution in [2.45, 2.75) is 0 Å². The number of carbonyl (C=O) groups is 1. The fourth-order valence-corrected chi connectivity index (χ4v) is 2.84. The maximum absolute atomic E-state index is 12.1. The van der Waals surface area contributed by atoms with Gasteiger partial charge < -0.3 is 9.52 Å². The SMILES string of the molecule is O=C(N/N=C\c1ccc(-c2ccc(Cl)c([N+](=O)[O-])c2)o1)c1cc(Br)ccc1O. The smallest absolute Gasteiger partial charge is 0.288 e. The van der Waals surface area contributed by atoms with E-state index in [-0.39, 0.29) is 22.0 Å². The first-order chi connectivity index (χ1) is 13.3. The number of rotatable bonds is 5. The van der Waals surface area contributed by atoms with Crippen LogP contribution in [0.25, 0.3) is 11.3 Å². The topological polar surface area (TPSA) is 118 Å². The summed E-state index contributed by atoms with van der Waals surface area (Å²) in [5.41, 5.74) is 2.58. The summed E-state index contributed by atoms with van der Waals surface area (Å²) in [6, 6.07) is 11.9. The van der Waals surface area contributed by atoms with E-state index in [0.29, 0.717) is 21.6 Å². The minimum absolute atomic E-state index is 0.0283. The summed E-state index contributed by atoms with van der Waals surface area (Å²) in [5.74, 6) is -0.0979. The first-order valence-electron chi connectivity index (χ1n) is 7.71. The summed E-state index contributed by atoms with van der Waals surface area (Å²) in [7, 11) is 0. The Morgan fingerprint density at radius 1 is 1.25 bits per heavy atom. The molecule has 8 nitrogen and oxygen atoms in total. The number of hydrazone groups is 1. The highest BCUT2D eigenvalue weighted by Crippen LogP contribution is 2.31. The summed E-state index contributed by atoms with van der Waals surface area (Å²) < 4.78 is 6.18. The summed E-state index contributed by atoms with van der Waals surface area (Å²) in [5, 5.41) is 24.5. The zero-order chi connectivity index (χ0) is 20.3. The Morgan fingerprint density at radius 2 is 2.04 bits per heavy atom. The number of aromatic hydroxyl groups is 1. The number of halogens is 2. The van der Waals surface area contributed by atoms with Gasteiger partial charge in [-0.1, -0.05) is 27.5 Å². The van der Waals surface area contributed by atoms with Gasteiger partial charge in [-0.3, -0.25) is 14.9 Å². The van der Waals surface area contributed by atoms with Crippen molar-refractivity contribution in [3.63, 3.8) is 0 Å². The third kappa shape index (κ3) is 4.38. The molecule has 0 radical (unpaired) electrons. The van der Waals surface area contributed by atoms with E-state index in [1.165, 1.54) is 30.5 Å². The average Bonchev–Trinajstić information content (AvgIpc) is 3.12. The molecular formula is C18H11BrClN3O5. The van der Waals surface area contributed by atoms with Crippen LogP contribution in [0.4, 0.5) is 5.69 Å². The van der Waals surface area contributed by atoms with Crippen LogP contribution in [0.5, 0.6) is 5.75 Å². The molecule has 1 amide bonds. The lowest BCUT2D eigenvalue weighted by Gasteiger charge is -2.03. The lowest BCUT2D eigenvalue weighted by Crippen LogP contribution is -2.17. The van der Waals surface area contributed by atoms with Gasteiger partial charge in [0.2, 0.25) is 0 Å². The number of nitrogens with one attached hydrogen (secondary N) is 1. The summed E-state index contributed by atoms with van der Waals surface area (Å²) in [6.07, 6.45) is 1.26. The molecule has 0 aliphatic heterocycles. The Kier molecular flexibility index (Phi) is 5.76. The van der Waals surface area contributed by atoms with Crippen LogP contribution >= 0.6 is 27.5 Å². The molecule has 10 heteroatoms. The number of benzene rings is 2. The third-order valence-electron chi connectivity index (χ3n) is 3.62. The number of nitro benzene ring substituents is 1. The van der Waals surface area contributed by atoms with Gasteiger partial charge in [-0.2, -0.15) is 5.10 Å². The fraction of sp³-hybridized carbons (Fsp3) is 0. The van der Waals surface area contributed by atoms with Gasteiger partial charge in [0.1, 0.15) is 22.3 Å². The summed E-state index contributed by atoms with van der Waals surface area (Å²) >= 11 is 9.02. The first kappa shape index (κ1) is 19.6. The standard InChI is InChI=1S/C18H11BrClN3O5/c19-11-2-5-16(24)13(8-11)18(25)22-21-9-12-3-6-17(28-12)10-1-4-14(20)15(7-10)23(26)27/h1-9,24H,(H,22,25)/b21-9-. The van der Waals surface area contributed by atoms with Crippen molar-refractivity contribution in [2.75, 3.05) is 0 Å². The van der Waals surface area contributed by atoms with Crippen LogP contribution < -0.4 is 5.43 Å². The lowest BCUT2D eigenvalue weighted by atomic mass is 10.1. The number of nitro groups is 1. The average molecular weight is 465 g/mol. The van der Waals surface area contributed by atoms with Crippen LogP contribution in [0.3, 0.4) is 0 Å². The Hall–Kier alpha value is -3.17. The van der Waals surface area contributed by atoms with E-state index < -0.39 is 10.8 Å². The Balaban J connectivity index is 1.73. The van der Waals surface area contributed by atoms with Gasteiger partial charge in [-0.25, -0.2) is 5.43 Å². The van der Waals surface area contributed by atoms with Crippen molar-refractivity contribution in [2.24, 2.45) is 5.10 Å². The first-order valence-corrected chi connectivity index (χ1v) is 8.88. The van der Waals surface area contributed by atoms with Crippen molar-refractivity contribution >= 4 is 45.3 Å². The molecule has 0 spiro atoms. The maximum Gasteiger partial charge on any atom is 0.288 e. The monoisotopic (exact) mass is 463 g/mol. The Bertz CT molecular complexity index is 1100. The van der Waals surface area contributed by atoms with Crippen LogP contribution in [-0.4, -0.2) is 22.2 Å². The molecule has 0 atom stereocenters. The molecule has 0 unspecified atom stereocenters. The van der Waals surface area contributed by atoms with Gasteiger partial charge in [0.05, 0.1) is 16.7 Å². The van der Waals surface area contributed by atoms with E-state index in [1.807, 2.05) is 0 Å². The molecule has 2 N–H and O–H groups in total. The number of hydrogen-bond donors (Lipinski definition) is 2. The maximum atomic E-state index is 12.1. The molecule has 2 aromatic carbocycles. The Morgan fingerprint density at radius 3 is 2.79 bits per heavy atom. The number of nitrogens with zero attached hydrogens (tertiary/aromatic N) is 2. The summed E-state index contributed by atoms with van der Waals surface area (Å²) in [6.45, 7) is 0. The quantitative estimate of drug-likeness (QED) is 0.321. The van der Waals surface area contributed by atoms with E-state index in [4.69, 9.17) is 16.0 Å². The van der Waals surface area contributed by atoms with Crippen molar-refractivity contribution in [1.29, 1.82) is 0 Å². The van der Waals surface area contributed by atoms with Crippen molar-refractivity contribution in [3.8, 4) is 17.1 Å². The fourth-order valence-electron chi connectivity index (χ4n) is 2.29. The number of hydrogen-bond acceptors (Lipinski definition) is 6. The molecule has 1 heterocycles. The zero-order valence-corrected chi connectivity index (χ0v) is 16.3. The van der Waals surface area contributed by atoms with Crippen LogP contribution in [0.15, 0.2) is 62.5 Å². The number of phenolic OH excluding ortho intramolecular Hbond substituents is 1. The zero-order valence-electron chi connectivity index (χ0n) is 13.9. The van der Waals surface area contributed by atoms with Crippen molar-refractivity contribution < 1.29 is 19.2 Å². The molecule has 3 rings (SSSR count). The van der Waals surface area contributed by atoms with Crippen LogP contribution in [0, 0.1) is 10.1 Å². The highest BCUT2D eigenvalue weighted by atomic mass is 79.9. The van der Waals surface area contributed by atoms with Gasteiger partial charge in [-0.15, -0.1) is 0 Å². The number of carbonyl (C=O) groups excluding carboxylic acids is 1. The van der Waals surface area contributed by atoms with Crippen molar-refractivity contribution in [3.05, 3.63) is 79.5 Å². The molecule has 28 heavy (non-hydrogen) atoms. The predicted molar refractivity (Wildman–Crippen MR) is 107 cm³/mol. The van der Waals surface area contributed by atoms with Crippen molar-refractivity contribution in [1.82, 2.24) is 5.43 Å². The lowest BCUT2D eigenvalue weighted by molar-refractivity contribution is -0.384. The molecule has 0 saturated carbocycles. The van der Waals surface area contributed by atoms with Gasteiger partial charge in [-0.05, 0) is 42.5 Å². The molecule has 0 bridgehead atoms. The van der Waals surface area contributed by atoms with E-state index in [2.05, 4.69) is 26.5 Å². The summed E-state index contributed by atoms with van der Waals surface area (Å²) in [4.78, 5) is 22.5. The molecule has 0 aliphatic rings. The van der Waals surface area contributed by atoms with Gasteiger partial charge >= 0.3 is 0 Å². The second kappa shape index (κ2) is 8.24. The molecule has 0 aliphatic carbocycles. The largest absolute Gasteiger partial charge is 0.507 e. The van der Waals surface area contributed by atoms with Gasteiger partial charge in [0.25, 0.3) is 11.6 Å². The second-order valence-corrected chi connectivity index (χ2v) is 6.81. The normalized spacial score (nSPS) is 10.9. The number of amides is 1.